The van der Waals surface area contributed by atoms with Crippen molar-refractivity contribution in [3.63, 3.8) is 0 Å². The maximum absolute atomic E-state index is 4.21. The molecule has 1 nitrogen and oxygen atoms in total. The predicted molar refractivity (Wildman–Crippen MR) is 74.8 cm³/mol. The summed E-state index contributed by atoms with van der Waals surface area (Å²) < 4.78 is 0. The van der Waals surface area contributed by atoms with Crippen molar-refractivity contribution in [2.75, 3.05) is 0 Å². The monoisotopic (exact) mass is 261 g/mol. The van der Waals surface area contributed by atoms with Crippen molar-refractivity contribution in [3.8, 4) is 0 Å². The molecule has 0 amide bonds. The number of rotatable bonds is 2. The van der Waals surface area contributed by atoms with E-state index in [1.807, 2.05) is 12.4 Å². The zero-order valence-corrected chi connectivity index (χ0v) is 12.3. The maximum atomic E-state index is 4.21. The summed E-state index contributed by atoms with van der Waals surface area (Å²) in [5.74, 6) is 0.727. The highest BCUT2D eigenvalue weighted by Crippen LogP contribution is 2.72. The van der Waals surface area contributed by atoms with Crippen LogP contribution in [0.1, 0.15) is 24.0 Å². The second-order valence-electron chi connectivity index (χ2n) is 3.67. The molecule has 1 aromatic rings. The summed E-state index contributed by atoms with van der Waals surface area (Å²) in [7, 11) is 7.07. The summed E-state index contributed by atoms with van der Waals surface area (Å²) in [5.41, 5.74) is 3.86. The van der Waals surface area contributed by atoms with Crippen LogP contribution >= 0.6 is 33.1 Å². The zero-order chi connectivity index (χ0) is 10.1. The molecule has 1 heterocycles. The molecule has 0 N–H and O–H groups in total. The Morgan fingerprint density at radius 3 is 3.07 bits per heavy atom. The molecule has 2 rings (SSSR count). The number of nitrogens with zero attached hydrogens (tertiary/aromatic N) is 1. The van der Waals surface area contributed by atoms with Gasteiger partial charge in [-0.15, -0.1) is 17.9 Å². The molecule has 0 spiro atoms. The van der Waals surface area contributed by atoms with Crippen molar-refractivity contribution in [1.82, 2.24) is 4.98 Å². The van der Waals surface area contributed by atoms with Gasteiger partial charge in [0.05, 0.1) is 0 Å². The van der Waals surface area contributed by atoms with Crippen LogP contribution in [-0.2, 0) is 6.42 Å². The quantitative estimate of drug-likeness (QED) is 0.738. The van der Waals surface area contributed by atoms with Gasteiger partial charge in [0.25, 0.3) is 0 Å². The van der Waals surface area contributed by atoms with E-state index in [4.69, 9.17) is 0 Å². The van der Waals surface area contributed by atoms with Gasteiger partial charge >= 0.3 is 0 Å². The molecule has 1 aromatic heterocycles. The van der Waals surface area contributed by atoms with Gasteiger partial charge in [-0.25, -0.2) is 0 Å². The third-order valence-electron chi connectivity index (χ3n) is 2.94. The van der Waals surface area contributed by atoms with Gasteiger partial charge in [0.15, 0.2) is 0 Å². The van der Waals surface area contributed by atoms with Crippen molar-refractivity contribution in [2.24, 2.45) is 0 Å². The summed E-state index contributed by atoms with van der Waals surface area (Å²) in [6, 6.07) is 2.19. The molecular weight excluding hydrogens is 246 g/mol. The lowest BCUT2D eigenvalue weighted by Gasteiger charge is -2.22. The van der Waals surface area contributed by atoms with E-state index in [2.05, 4.69) is 35.8 Å². The van der Waals surface area contributed by atoms with Crippen LogP contribution in [0, 0.1) is 0 Å². The van der Waals surface area contributed by atoms with E-state index in [-0.39, 0.29) is 7.30 Å². The van der Waals surface area contributed by atoms with E-state index < -0.39 is 0 Å². The molecule has 0 saturated heterocycles. The number of pyridine rings is 1. The fourth-order valence-corrected chi connectivity index (χ4v) is 7.66. The van der Waals surface area contributed by atoms with Crippen LogP contribution in [0.3, 0.4) is 0 Å². The number of fused-ring (bicyclic) bond motifs is 1. The third-order valence-corrected chi connectivity index (χ3v) is 14.3. The molecule has 5 heteroatoms. The molecule has 0 saturated carbocycles. The maximum Gasteiger partial charge on any atom is 0.0302 e. The Hall–Kier alpha value is 0.870. The van der Waals surface area contributed by atoms with Crippen molar-refractivity contribution in [2.45, 2.75) is 24.9 Å². The van der Waals surface area contributed by atoms with Gasteiger partial charge in [-0.2, -0.15) is 0 Å². The molecule has 1 aliphatic carbocycles. The van der Waals surface area contributed by atoms with Crippen LogP contribution < -0.4 is 0 Å². The Kier molecular flexibility index (Phi) is 3.90. The molecule has 0 aliphatic heterocycles. The smallest absolute Gasteiger partial charge is 0.0302 e. The van der Waals surface area contributed by atoms with E-state index in [0.29, 0.717) is 0 Å². The van der Waals surface area contributed by atoms with Crippen LogP contribution in [0.4, 0.5) is 0 Å². The van der Waals surface area contributed by atoms with E-state index >= 15 is 0 Å². The third kappa shape index (κ3) is 2.03. The fraction of sp³-hybridized carbons (Fsp3) is 0.444. The van der Waals surface area contributed by atoms with Crippen LogP contribution in [-0.4, -0.2) is 10.6 Å². The van der Waals surface area contributed by atoms with Crippen molar-refractivity contribution < 1.29 is 0 Å². The minimum absolute atomic E-state index is 0.114. The summed E-state index contributed by atoms with van der Waals surface area (Å²) in [6.07, 6.45) is 5.21. The molecule has 76 valence electrons. The van der Waals surface area contributed by atoms with E-state index in [1.54, 1.807) is 0 Å². The van der Waals surface area contributed by atoms with Gasteiger partial charge < -0.3 is 0 Å². The molecular formula is C9H15NP4. The second kappa shape index (κ2) is 4.80. The predicted octanol–water partition coefficient (Wildman–Crippen LogP) is 3.77. The number of hydrogen-bond acceptors (Lipinski definition) is 1. The first-order chi connectivity index (χ1) is 6.74. The molecule has 14 heavy (non-hydrogen) atoms. The molecule has 0 radical (unpaired) electrons. The van der Waals surface area contributed by atoms with E-state index in [1.165, 1.54) is 17.5 Å². The standard InChI is InChI=1S/C9H15NP4/c1-6-8-2-3-10-5-7(8)4-9(6)14(12)13-11/h2-3,5-6,9,13H,4,11-12H2,1H3/t6-,9+,14?/m0/s1. The lowest BCUT2D eigenvalue weighted by Crippen LogP contribution is -2.04. The van der Waals surface area contributed by atoms with Gasteiger partial charge in [-0.05, 0) is 35.2 Å². The Bertz CT molecular complexity index is 330. The zero-order valence-electron chi connectivity index (χ0n) is 8.14. The van der Waals surface area contributed by atoms with Gasteiger partial charge in [0, 0.05) is 12.4 Å². The Morgan fingerprint density at radius 2 is 2.43 bits per heavy atom. The van der Waals surface area contributed by atoms with Crippen LogP contribution in [0.2, 0.25) is 0 Å². The summed E-state index contributed by atoms with van der Waals surface area (Å²) >= 11 is 0. The highest BCUT2D eigenvalue weighted by molar-refractivity contribution is 8.61. The SMILES string of the molecule is C[C@H]1c2ccncc2C[C@H]1P(P)PP. The van der Waals surface area contributed by atoms with Gasteiger partial charge in [-0.1, -0.05) is 22.2 Å². The first-order valence-electron chi connectivity index (χ1n) is 4.67. The normalized spacial score (nSPS) is 28.2. The first-order valence-corrected chi connectivity index (χ1v) is 11.3. The van der Waals surface area contributed by atoms with Crippen molar-refractivity contribution in [1.29, 1.82) is 0 Å². The minimum atomic E-state index is 0.114. The fourth-order valence-electron chi connectivity index (χ4n) is 2.10. The molecule has 6 atom stereocenters. The largest absolute Gasteiger partial charge is 0.264 e. The average Bonchev–Trinajstić information content (AvgIpc) is 2.56. The highest BCUT2D eigenvalue weighted by atomic mass is 32.6. The van der Waals surface area contributed by atoms with Crippen molar-refractivity contribution in [3.05, 3.63) is 29.6 Å². The number of hydrogen-bond donors (Lipinski definition) is 0. The second-order valence-corrected chi connectivity index (χ2v) is 13.3. The van der Waals surface area contributed by atoms with E-state index in [9.17, 15) is 0 Å². The van der Waals surface area contributed by atoms with Crippen molar-refractivity contribution >= 4 is 33.1 Å². The summed E-state index contributed by atoms with van der Waals surface area (Å²) in [5, 5.41) is 0. The highest BCUT2D eigenvalue weighted by Gasteiger charge is 2.32. The van der Waals surface area contributed by atoms with Gasteiger partial charge in [-0.3, -0.25) is 4.98 Å². The molecule has 0 aromatic carbocycles. The average molecular weight is 261 g/mol. The van der Waals surface area contributed by atoms with Crippen LogP contribution in [0.25, 0.3) is 0 Å². The Morgan fingerprint density at radius 1 is 1.64 bits per heavy atom. The summed E-state index contributed by atoms with van der Waals surface area (Å²) in [4.78, 5) is 4.21. The molecule has 0 bridgehead atoms. The lowest BCUT2D eigenvalue weighted by molar-refractivity contribution is 0.764. The van der Waals surface area contributed by atoms with E-state index in [0.717, 1.165) is 19.5 Å². The van der Waals surface area contributed by atoms with Crippen LogP contribution in [0.5, 0.6) is 0 Å². The molecule has 1 aliphatic rings. The summed E-state index contributed by atoms with van der Waals surface area (Å²) in [6.45, 7) is 2.36. The molecule has 4 unspecified atom stereocenters. The van der Waals surface area contributed by atoms with Gasteiger partial charge in [0.1, 0.15) is 0 Å². The Labute approximate surface area is 92.9 Å². The number of aromatic nitrogens is 1. The van der Waals surface area contributed by atoms with Gasteiger partial charge in [0.2, 0.25) is 0 Å². The molecule has 0 fully saturated rings. The lowest BCUT2D eigenvalue weighted by atomic mass is 10.1. The minimum Gasteiger partial charge on any atom is -0.264 e. The van der Waals surface area contributed by atoms with Crippen LogP contribution in [0.15, 0.2) is 18.5 Å². The Balaban J connectivity index is 2.25. The topological polar surface area (TPSA) is 12.9 Å². The first kappa shape index (κ1) is 11.4.